The number of nitrogens with zero attached hydrogens (tertiary/aromatic N) is 1. The molecule has 1 heterocycles. The van der Waals surface area contributed by atoms with Gasteiger partial charge in [0.25, 0.3) is 0 Å². The summed E-state index contributed by atoms with van der Waals surface area (Å²) in [7, 11) is 0. The van der Waals surface area contributed by atoms with Crippen LogP contribution in [0.1, 0.15) is 0 Å². The molecule has 0 saturated carbocycles. The Labute approximate surface area is 80.9 Å². The number of thioether (sulfide) groups is 1. The van der Waals surface area contributed by atoms with Gasteiger partial charge in [0.1, 0.15) is 0 Å². The maximum Gasteiger partial charge on any atom is 0.319 e. The second-order valence-electron chi connectivity index (χ2n) is 2.81. The Hall–Kier alpha value is -1.16. The van der Waals surface area contributed by atoms with Crippen LogP contribution in [-0.4, -0.2) is 18.3 Å². The third-order valence-electron chi connectivity index (χ3n) is 1.99. The maximum absolute atomic E-state index is 11.1. The number of hydrogen-bond acceptors (Lipinski definition) is 2. The van der Waals surface area contributed by atoms with E-state index in [1.165, 1.54) is 0 Å². The number of primary amides is 1. The predicted molar refractivity (Wildman–Crippen MR) is 54.1 cm³/mol. The van der Waals surface area contributed by atoms with Crippen molar-refractivity contribution in [2.45, 2.75) is 4.90 Å². The molecule has 0 aliphatic carbocycles. The summed E-state index contributed by atoms with van der Waals surface area (Å²) >= 11 is 1.76. The van der Waals surface area contributed by atoms with E-state index in [1.807, 2.05) is 24.3 Å². The van der Waals surface area contributed by atoms with E-state index in [-0.39, 0.29) is 6.03 Å². The number of fused-ring (bicyclic) bond motifs is 1. The van der Waals surface area contributed by atoms with Gasteiger partial charge < -0.3 is 5.73 Å². The smallest absolute Gasteiger partial charge is 0.319 e. The van der Waals surface area contributed by atoms with Crippen molar-refractivity contribution in [2.75, 3.05) is 17.2 Å². The normalized spacial score (nSPS) is 15.2. The van der Waals surface area contributed by atoms with Crippen LogP contribution in [-0.2, 0) is 0 Å². The van der Waals surface area contributed by atoms with Crippen molar-refractivity contribution in [1.82, 2.24) is 0 Å². The zero-order chi connectivity index (χ0) is 9.26. The number of anilines is 1. The van der Waals surface area contributed by atoms with Crippen LogP contribution in [0, 0.1) is 0 Å². The number of hydrogen-bond donors (Lipinski definition) is 1. The lowest BCUT2D eigenvalue weighted by Crippen LogP contribution is -2.39. The molecule has 3 nitrogen and oxygen atoms in total. The summed E-state index contributed by atoms with van der Waals surface area (Å²) in [5.41, 5.74) is 6.20. The van der Waals surface area contributed by atoms with Crippen LogP contribution in [0.2, 0.25) is 0 Å². The average molecular weight is 194 g/mol. The van der Waals surface area contributed by atoms with E-state index in [0.717, 1.165) is 16.3 Å². The number of nitrogens with two attached hydrogens (primary N) is 1. The molecule has 68 valence electrons. The van der Waals surface area contributed by atoms with Crippen LogP contribution in [0.4, 0.5) is 10.5 Å². The molecule has 0 unspecified atom stereocenters. The van der Waals surface area contributed by atoms with Crippen molar-refractivity contribution in [3.8, 4) is 0 Å². The molecule has 0 radical (unpaired) electrons. The van der Waals surface area contributed by atoms with Crippen LogP contribution in [0.25, 0.3) is 0 Å². The highest BCUT2D eigenvalue weighted by Gasteiger charge is 2.19. The fourth-order valence-electron chi connectivity index (χ4n) is 1.40. The molecule has 0 atom stereocenters. The van der Waals surface area contributed by atoms with Gasteiger partial charge in [0.15, 0.2) is 0 Å². The first-order chi connectivity index (χ1) is 6.29. The zero-order valence-corrected chi connectivity index (χ0v) is 7.88. The summed E-state index contributed by atoms with van der Waals surface area (Å²) in [6.07, 6.45) is 0. The van der Waals surface area contributed by atoms with Crippen molar-refractivity contribution in [3.05, 3.63) is 24.3 Å². The molecule has 0 spiro atoms. The summed E-state index contributed by atoms with van der Waals surface area (Å²) in [5, 5.41) is 0. The van der Waals surface area contributed by atoms with Gasteiger partial charge in [-0.1, -0.05) is 12.1 Å². The van der Waals surface area contributed by atoms with Gasteiger partial charge in [0.2, 0.25) is 0 Å². The number of amides is 2. The molecule has 0 bridgehead atoms. The van der Waals surface area contributed by atoms with Crippen molar-refractivity contribution < 1.29 is 4.79 Å². The summed E-state index contributed by atoms with van der Waals surface area (Å²) in [4.78, 5) is 13.8. The Morgan fingerprint density at radius 3 is 3.00 bits per heavy atom. The number of carbonyl (C=O) groups excluding carboxylic acids is 1. The van der Waals surface area contributed by atoms with Gasteiger partial charge in [-0.3, -0.25) is 4.90 Å². The van der Waals surface area contributed by atoms with E-state index in [9.17, 15) is 4.79 Å². The first-order valence-electron chi connectivity index (χ1n) is 4.08. The monoisotopic (exact) mass is 194 g/mol. The Morgan fingerprint density at radius 1 is 1.46 bits per heavy atom. The number of urea groups is 1. The highest BCUT2D eigenvalue weighted by atomic mass is 32.2. The standard InChI is InChI=1S/C9H10N2OS/c10-9(12)11-5-6-13-8-4-2-1-3-7(8)11/h1-4H,5-6H2,(H2,10,12). The molecule has 0 aromatic heterocycles. The lowest BCUT2D eigenvalue weighted by molar-refractivity contribution is 0.254. The van der Waals surface area contributed by atoms with Crippen LogP contribution in [0.5, 0.6) is 0 Å². The molecule has 2 N–H and O–H groups in total. The number of rotatable bonds is 0. The lowest BCUT2D eigenvalue weighted by atomic mass is 10.3. The molecule has 0 fully saturated rings. The predicted octanol–water partition coefficient (Wildman–Crippen LogP) is 1.68. The second-order valence-corrected chi connectivity index (χ2v) is 3.94. The van der Waals surface area contributed by atoms with Crippen molar-refractivity contribution >= 4 is 23.5 Å². The summed E-state index contributed by atoms with van der Waals surface area (Å²) in [6, 6.07) is 7.45. The molecule has 13 heavy (non-hydrogen) atoms. The molecule has 2 rings (SSSR count). The van der Waals surface area contributed by atoms with E-state index >= 15 is 0 Å². The fourth-order valence-corrected chi connectivity index (χ4v) is 2.39. The minimum Gasteiger partial charge on any atom is -0.351 e. The van der Waals surface area contributed by atoms with Crippen LogP contribution in [0.3, 0.4) is 0 Å². The molecular formula is C9H10N2OS. The maximum atomic E-state index is 11.1. The van der Waals surface area contributed by atoms with E-state index in [4.69, 9.17) is 5.73 Å². The van der Waals surface area contributed by atoms with Gasteiger partial charge in [-0.15, -0.1) is 11.8 Å². The fraction of sp³-hybridized carbons (Fsp3) is 0.222. The lowest BCUT2D eigenvalue weighted by Gasteiger charge is -2.27. The van der Waals surface area contributed by atoms with Crippen molar-refractivity contribution in [2.24, 2.45) is 5.73 Å². The number of carbonyl (C=O) groups is 1. The minimum atomic E-state index is -0.368. The SMILES string of the molecule is NC(=O)N1CCSc2ccccc21. The van der Waals surface area contributed by atoms with Crippen molar-refractivity contribution in [1.29, 1.82) is 0 Å². The van der Waals surface area contributed by atoms with Crippen LogP contribution in [0.15, 0.2) is 29.2 Å². The Morgan fingerprint density at radius 2 is 2.23 bits per heavy atom. The quantitative estimate of drug-likeness (QED) is 0.683. The van der Waals surface area contributed by atoms with Crippen LogP contribution >= 0.6 is 11.8 Å². The molecular weight excluding hydrogens is 184 g/mol. The van der Waals surface area contributed by atoms with Crippen molar-refractivity contribution in [3.63, 3.8) is 0 Å². The van der Waals surface area contributed by atoms with E-state index in [2.05, 4.69) is 0 Å². The zero-order valence-electron chi connectivity index (χ0n) is 7.06. The van der Waals surface area contributed by atoms with E-state index < -0.39 is 0 Å². The van der Waals surface area contributed by atoms with Gasteiger partial charge in [0, 0.05) is 17.2 Å². The molecule has 4 heteroatoms. The minimum absolute atomic E-state index is 0.368. The Bertz CT molecular complexity index is 340. The van der Waals surface area contributed by atoms with Gasteiger partial charge in [0.05, 0.1) is 5.69 Å². The first-order valence-corrected chi connectivity index (χ1v) is 5.06. The number of benzene rings is 1. The third kappa shape index (κ3) is 1.49. The summed E-state index contributed by atoms with van der Waals surface area (Å²) in [5.74, 6) is 0.917. The van der Waals surface area contributed by atoms with Gasteiger partial charge in [-0.2, -0.15) is 0 Å². The molecule has 2 amide bonds. The summed E-state index contributed by atoms with van der Waals surface area (Å²) < 4.78 is 0. The largest absolute Gasteiger partial charge is 0.351 e. The average Bonchev–Trinajstić information content (AvgIpc) is 2.17. The molecule has 1 aromatic rings. The Kier molecular flexibility index (Phi) is 2.14. The summed E-state index contributed by atoms with van der Waals surface area (Å²) in [6.45, 7) is 0.705. The van der Waals surface area contributed by atoms with Gasteiger partial charge in [-0.05, 0) is 12.1 Å². The molecule has 0 saturated heterocycles. The van der Waals surface area contributed by atoms with Crippen LogP contribution < -0.4 is 10.6 Å². The topological polar surface area (TPSA) is 46.3 Å². The van der Waals surface area contributed by atoms with Gasteiger partial charge >= 0.3 is 6.03 Å². The highest BCUT2D eigenvalue weighted by molar-refractivity contribution is 7.99. The number of para-hydroxylation sites is 1. The van der Waals surface area contributed by atoms with E-state index in [1.54, 1.807) is 16.7 Å². The van der Waals surface area contributed by atoms with Gasteiger partial charge in [-0.25, -0.2) is 4.79 Å². The highest BCUT2D eigenvalue weighted by Crippen LogP contribution is 2.33. The Balaban J connectivity index is 2.42. The molecule has 1 aliphatic rings. The van der Waals surface area contributed by atoms with E-state index in [0.29, 0.717) is 6.54 Å². The molecule has 1 aromatic carbocycles. The molecule has 1 aliphatic heterocycles. The second kappa shape index (κ2) is 3.30. The third-order valence-corrected chi connectivity index (χ3v) is 3.04. The first kappa shape index (κ1) is 8.44.